The number of halogens is 1. The van der Waals surface area contributed by atoms with Crippen LogP contribution >= 0.6 is 22.6 Å². The molecule has 2 aromatic carbocycles. The van der Waals surface area contributed by atoms with Gasteiger partial charge in [-0.3, -0.25) is 0 Å². The van der Waals surface area contributed by atoms with E-state index in [9.17, 15) is 4.79 Å². The first kappa shape index (κ1) is 34.9. The molecule has 9 heteroatoms. The highest BCUT2D eigenvalue weighted by molar-refractivity contribution is 14.1. The van der Waals surface area contributed by atoms with Gasteiger partial charge >= 0.3 is 6.03 Å². The van der Waals surface area contributed by atoms with Gasteiger partial charge < -0.3 is 29.5 Å². The monoisotopic (exact) mass is 751 g/mol. The predicted octanol–water partition coefficient (Wildman–Crippen LogP) is 8.29. The lowest BCUT2D eigenvalue weighted by atomic mass is 9.83. The van der Waals surface area contributed by atoms with Crippen LogP contribution in [0.5, 0.6) is 11.5 Å². The van der Waals surface area contributed by atoms with Gasteiger partial charge in [0.2, 0.25) is 0 Å². The molecule has 6 rings (SSSR count). The summed E-state index contributed by atoms with van der Waals surface area (Å²) in [5, 5.41) is 2.94. The molecule has 47 heavy (non-hydrogen) atoms. The van der Waals surface area contributed by atoms with E-state index in [2.05, 4.69) is 94.7 Å². The molecule has 1 saturated heterocycles. The smallest absolute Gasteiger partial charge is 0.317 e. The lowest BCUT2D eigenvalue weighted by molar-refractivity contribution is 0.163. The Bertz CT molecular complexity index is 1490. The number of nitrogens with one attached hydrogen (secondary N) is 1. The van der Waals surface area contributed by atoms with Crippen LogP contribution in [0.4, 0.5) is 16.3 Å². The molecule has 2 amide bonds. The average Bonchev–Trinajstić information content (AvgIpc) is 3.50. The van der Waals surface area contributed by atoms with Crippen LogP contribution in [0.25, 0.3) is 0 Å². The SMILES string of the molecule is C=C1Cc2cc(OC)c(OC(C)C)cc2C(I)N1c1ccc(N(C)CCC2CCC(N3CCNC3=O)CC2)nc1.Cc1ccccc1. The molecule has 8 nitrogen and oxygen atoms in total. The van der Waals surface area contributed by atoms with Gasteiger partial charge in [0.15, 0.2) is 11.5 Å². The van der Waals surface area contributed by atoms with E-state index in [0.717, 1.165) is 74.0 Å². The van der Waals surface area contributed by atoms with Crippen LogP contribution in [-0.2, 0) is 6.42 Å². The number of carbonyl (C=O) groups is 1. The molecule has 0 bridgehead atoms. The number of alkyl halides is 1. The molecule has 1 N–H and O–H groups in total. The Morgan fingerprint density at radius 1 is 1.09 bits per heavy atom. The maximum absolute atomic E-state index is 12.0. The Morgan fingerprint density at radius 2 is 1.83 bits per heavy atom. The van der Waals surface area contributed by atoms with Crippen LogP contribution < -0.4 is 24.6 Å². The Hall–Kier alpha value is -3.47. The summed E-state index contributed by atoms with van der Waals surface area (Å²) in [5.74, 6) is 3.23. The Labute approximate surface area is 294 Å². The van der Waals surface area contributed by atoms with Crippen LogP contribution in [0.15, 0.2) is 73.1 Å². The number of benzene rings is 2. The van der Waals surface area contributed by atoms with Crippen molar-refractivity contribution in [2.45, 2.75) is 75.5 Å². The summed E-state index contributed by atoms with van der Waals surface area (Å²) in [7, 11) is 3.81. The first-order valence-corrected chi connectivity index (χ1v) is 18.1. The molecule has 2 fully saturated rings. The summed E-state index contributed by atoms with van der Waals surface area (Å²) in [6.07, 6.45) is 8.56. The number of allylic oxidation sites excluding steroid dienone is 1. The first-order chi connectivity index (χ1) is 22.6. The molecule has 1 aliphatic carbocycles. The Balaban J connectivity index is 0.000000549. The van der Waals surface area contributed by atoms with E-state index in [4.69, 9.17) is 14.5 Å². The molecule has 0 spiro atoms. The number of urea groups is 1. The van der Waals surface area contributed by atoms with E-state index >= 15 is 0 Å². The lowest BCUT2D eigenvalue weighted by Crippen LogP contribution is -2.40. The number of fused-ring (bicyclic) bond motifs is 1. The van der Waals surface area contributed by atoms with Gasteiger partial charge in [-0.25, -0.2) is 9.78 Å². The van der Waals surface area contributed by atoms with Crippen LogP contribution in [0.2, 0.25) is 0 Å². The fourth-order valence-electron chi connectivity index (χ4n) is 6.77. The summed E-state index contributed by atoms with van der Waals surface area (Å²) < 4.78 is 11.7. The van der Waals surface area contributed by atoms with Gasteiger partial charge in [-0.05, 0) is 94.2 Å². The number of aryl methyl sites for hydroxylation is 1. The van der Waals surface area contributed by atoms with Crippen molar-refractivity contribution in [3.8, 4) is 11.5 Å². The topological polar surface area (TPSA) is 70.2 Å². The molecular formula is C38H50IN5O3. The fourth-order valence-corrected chi connectivity index (χ4v) is 8.06. The maximum atomic E-state index is 12.0. The van der Waals surface area contributed by atoms with Crippen molar-refractivity contribution in [1.29, 1.82) is 0 Å². The standard InChI is InChI=1S/C31H42IN5O3.C7H8/c1-20(2)40-28-18-26-23(17-27(28)39-5)16-21(3)37(30(26)32)25-10-11-29(34-19-25)35(4)14-12-22-6-8-24(9-7-22)36-15-13-33-31(36)38;1-7-5-3-2-4-6-7/h10-11,17-20,22,24,30H,3,6-9,12-16H2,1-2,4-5H3,(H,33,38);2-6H,1H3. The quantitative estimate of drug-likeness (QED) is 0.135. The minimum absolute atomic E-state index is 0.0659. The Morgan fingerprint density at radius 3 is 2.40 bits per heavy atom. The number of methoxy groups -OCH3 is 1. The summed E-state index contributed by atoms with van der Waals surface area (Å²) in [5.41, 5.74) is 5.83. The number of hydrogen-bond acceptors (Lipinski definition) is 6. The third kappa shape index (κ3) is 8.72. The van der Waals surface area contributed by atoms with Gasteiger partial charge in [0.25, 0.3) is 0 Å². The number of hydrogen-bond donors (Lipinski definition) is 1. The summed E-state index contributed by atoms with van der Waals surface area (Å²) in [6.45, 7) is 13.2. The maximum Gasteiger partial charge on any atom is 0.317 e. The van der Waals surface area contributed by atoms with Gasteiger partial charge in [0, 0.05) is 44.8 Å². The molecule has 1 unspecified atom stereocenters. The van der Waals surface area contributed by atoms with Crippen molar-refractivity contribution in [3.63, 3.8) is 0 Å². The van der Waals surface area contributed by atoms with Crippen molar-refractivity contribution in [3.05, 3.63) is 89.8 Å². The molecule has 252 valence electrons. The molecule has 3 aromatic rings. The van der Waals surface area contributed by atoms with Crippen LogP contribution in [-0.4, -0.2) is 61.9 Å². The summed E-state index contributed by atoms with van der Waals surface area (Å²) >= 11 is 2.48. The first-order valence-electron chi connectivity index (χ1n) is 16.9. The molecule has 1 atom stereocenters. The second kappa shape index (κ2) is 16.1. The second-order valence-electron chi connectivity index (χ2n) is 13.2. The number of anilines is 2. The average molecular weight is 752 g/mol. The van der Waals surface area contributed by atoms with Crippen molar-refractivity contribution in [2.75, 3.05) is 43.6 Å². The van der Waals surface area contributed by atoms with E-state index in [1.807, 2.05) is 43.1 Å². The van der Waals surface area contributed by atoms with E-state index in [-0.39, 0.29) is 16.2 Å². The van der Waals surface area contributed by atoms with Crippen molar-refractivity contribution in [2.24, 2.45) is 5.92 Å². The van der Waals surface area contributed by atoms with Crippen molar-refractivity contribution in [1.82, 2.24) is 15.2 Å². The molecule has 3 aliphatic rings. The van der Waals surface area contributed by atoms with Crippen LogP contribution in [0.3, 0.4) is 0 Å². The van der Waals surface area contributed by atoms with Gasteiger partial charge in [-0.1, -0.05) is 65.1 Å². The molecule has 1 saturated carbocycles. The van der Waals surface area contributed by atoms with Gasteiger partial charge in [-0.2, -0.15) is 0 Å². The second-order valence-corrected chi connectivity index (χ2v) is 14.3. The highest BCUT2D eigenvalue weighted by atomic mass is 127. The number of aromatic nitrogens is 1. The number of ether oxygens (including phenoxy) is 2. The minimum atomic E-state index is 0.0659. The van der Waals surface area contributed by atoms with Crippen molar-refractivity contribution < 1.29 is 14.3 Å². The van der Waals surface area contributed by atoms with Gasteiger partial charge in [-0.15, -0.1) is 0 Å². The van der Waals surface area contributed by atoms with Gasteiger partial charge in [0.1, 0.15) is 9.87 Å². The normalized spacial score (nSPS) is 20.7. The summed E-state index contributed by atoms with van der Waals surface area (Å²) in [4.78, 5) is 23.4. The molecular weight excluding hydrogens is 701 g/mol. The highest BCUT2D eigenvalue weighted by Crippen LogP contribution is 2.46. The zero-order valence-corrected chi connectivity index (χ0v) is 30.7. The third-order valence-electron chi connectivity index (χ3n) is 9.37. The van der Waals surface area contributed by atoms with Gasteiger partial charge in [0.05, 0.1) is 25.1 Å². The third-order valence-corrected chi connectivity index (χ3v) is 10.6. The molecule has 1 aromatic heterocycles. The number of pyridine rings is 1. The van der Waals surface area contributed by atoms with E-state index in [1.54, 1.807) is 7.11 Å². The molecule has 2 aliphatic heterocycles. The highest BCUT2D eigenvalue weighted by Gasteiger charge is 2.32. The summed E-state index contributed by atoms with van der Waals surface area (Å²) in [6, 6.07) is 19.3. The minimum Gasteiger partial charge on any atom is -0.493 e. The van der Waals surface area contributed by atoms with Crippen LogP contribution in [0, 0.1) is 12.8 Å². The number of amides is 2. The van der Waals surface area contributed by atoms with E-state index in [0.29, 0.717) is 12.0 Å². The molecule has 0 radical (unpaired) electrons. The fraction of sp³-hybridized carbons (Fsp3) is 0.474. The van der Waals surface area contributed by atoms with E-state index < -0.39 is 0 Å². The number of nitrogens with zero attached hydrogens (tertiary/aromatic N) is 4. The zero-order chi connectivity index (χ0) is 33.5. The lowest BCUT2D eigenvalue weighted by Gasteiger charge is -2.38. The Kier molecular flexibility index (Phi) is 11.9. The van der Waals surface area contributed by atoms with Crippen molar-refractivity contribution >= 4 is 40.1 Å². The van der Waals surface area contributed by atoms with Crippen LogP contribution in [0.1, 0.15) is 66.7 Å². The predicted molar refractivity (Wildman–Crippen MR) is 200 cm³/mol. The number of carbonyl (C=O) groups excluding carboxylic acids is 1. The molecule has 3 heterocycles. The largest absolute Gasteiger partial charge is 0.493 e. The van der Waals surface area contributed by atoms with E-state index in [1.165, 1.54) is 29.5 Å². The number of rotatable bonds is 9. The zero-order valence-electron chi connectivity index (χ0n) is 28.5.